The van der Waals surface area contributed by atoms with Gasteiger partial charge < -0.3 is 24.6 Å². The largest absolute Gasteiger partial charge is 0.497 e. The molecule has 1 aromatic carbocycles. The topological polar surface area (TPSA) is 52.6 Å². The fourth-order valence-electron chi connectivity index (χ4n) is 4.21. The van der Waals surface area contributed by atoms with Gasteiger partial charge in [0, 0.05) is 70.7 Å². The van der Waals surface area contributed by atoms with Crippen molar-refractivity contribution in [3.63, 3.8) is 0 Å². The van der Waals surface area contributed by atoms with Crippen LogP contribution in [0, 0.1) is 5.92 Å². The molecule has 2 aliphatic rings. The Hall–Kier alpha value is -1.26. The number of morpholine rings is 1. The molecule has 1 unspecified atom stereocenters. The van der Waals surface area contributed by atoms with E-state index in [4.69, 9.17) is 9.47 Å². The molecular formula is C22H38IN5O2. The van der Waals surface area contributed by atoms with Crippen molar-refractivity contribution in [3.8, 4) is 5.75 Å². The van der Waals surface area contributed by atoms with Crippen LogP contribution in [0.25, 0.3) is 0 Å². The zero-order chi connectivity index (χ0) is 20.6. The summed E-state index contributed by atoms with van der Waals surface area (Å²) in [6, 6.07) is 8.80. The molecule has 30 heavy (non-hydrogen) atoms. The Morgan fingerprint density at radius 2 is 1.83 bits per heavy atom. The van der Waals surface area contributed by atoms with E-state index in [-0.39, 0.29) is 24.0 Å². The molecular weight excluding hydrogens is 493 g/mol. The van der Waals surface area contributed by atoms with Crippen LogP contribution in [0.4, 0.5) is 5.69 Å². The second-order valence-corrected chi connectivity index (χ2v) is 8.06. The molecule has 1 aromatic rings. The molecule has 0 bridgehead atoms. The van der Waals surface area contributed by atoms with E-state index in [1.165, 1.54) is 5.69 Å². The lowest BCUT2D eigenvalue weighted by molar-refractivity contribution is 0.00739. The number of piperazine rings is 1. The molecule has 0 saturated carbocycles. The first-order valence-corrected chi connectivity index (χ1v) is 10.8. The number of hydrogen-bond acceptors (Lipinski definition) is 5. The van der Waals surface area contributed by atoms with Crippen LogP contribution in [-0.4, -0.2) is 95.0 Å². The van der Waals surface area contributed by atoms with Gasteiger partial charge in [-0.25, -0.2) is 0 Å². The number of aliphatic imine (C=N–C) groups is 1. The summed E-state index contributed by atoms with van der Waals surface area (Å²) in [5.74, 6) is 2.50. The fraction of sp³-hybridized carbons (Fsp3) is 0.682. The van der Waals surface area contributed by atoms with Crippen molar-refractivity contribution in [2.45, 2.75) is 19.9 Å². The van der Waals surface area contributed by atoms with Crippen molar-refractivity contribution < 1.29 is 9.47 Å². The smallest absolute Gasteiger partial charge is 0.193 e. The molecule has 7 nitrogen and oxygen atoms in total. The van der Waals surface area contributed by atoms with Gasteiger partial charge in [0.1, 0.15) is 5.75 Å². The SMILES string of the molecule is CN=C(NCC(C(C)C)N1CCOCC1)N1CCN(c2cccc(OC)c2)CC1.I. The van der Waals surface area contributed by atoms with E-state index in [1.54, 1.807) is 7.11 Å². The highest BCUT2D eigenvalue weighted by Crippen LogP contribution is 2.22. The lowest BCUT2D eigenvalue weighted by Gasteiger charge is -2.40. The minimum absolute atomic E-state index is 0. The van der Waals surface area contributed by atoms with Gasteiger partial charge in [-0.2, -0.15) is 0 Å². The molecule has 0 aromatic heterocycles. The molecule has 2 aliphatic heterocycles. The first-order valence-electron chi connectivity index (χ1n) is 10.8. The van der Waals surface area contributed by atoms with Gasteiger partial charge in [0.05, 0.1) is 20.3 Å². The van der Waals surface area contributed by atoms with Crippen molar-refractivity contribution in [2.75, 3.05) is 78.1 Å². The van der Waals surface area contributed by atoms with Gasteiger partial charge in [0.2, 0.25) is 0 Å². The molecule has 2 saturated heterocycles. The van der Waals surface area contributed by atoms with Crippen LogP contribution >= 0.6 is 24.0 Å². The third kappa shape index (κ3) is 6.62. The second kappa shape index (κ2) is 12.6. The average Bonchev–Trinajstić information content (AvgIpc) is 2.77. The summed E-state index contributed by atoms with van der Waals surface area (Å²) in [7, 11) is 3.60. The molecule has 0 radical (unpaired) electrons. The zero-order valence-electron chi connectivity index (χ0n) is 18.8. The Kier molecular flexibility index (Phi) is 10.5. The molecule has 0 amide bonds. The molecule has 0 spiro atoms. The van der Waals surface area contributed by atoms with E-state index >= 15 is 0 Å². The molecule has 3 rings (SSSR count). The number of ether oxygens (including phenoxy) is 2. The fourth-order valence-corrected chi connectivity index (χ4v) is 4.21. The van der Waals surface area contributed by atoms with Crippen LogP contribution in [0.2, 0.25) is 0 Å². The highest BCUT2D eigenvalue weighted by atomic mass is 127. The number of nitrogens with zero attached hydrogens (tertiary/aromatic N) is 4. The number of methoxy groups -OCH3 is 1. The van der Waals surface area contributed by atoms with Crippen molar-refractivity contribution in [2.24, 2.45) is 10.9 Å². The molecule has 8 heteroatoms. The Bertz CT molecular complexity index is 659. The molecule has 170 valence electrons. The lowest BCUT2D eigenvalue weighted by atomic mass is 10.0. The van der Waals surface area contributed by atoms with Crippen LogP contribution in [0.3, 0.4) is 0 Å². The van der Waals surface area contributed by atoms with Crippen molar-refractivity contribution in [3.05, 3.63) is 24.3 Å². The monoisotopic (exact) mass is 531 g/mol. The second-order valence-electron chi connectivity index (χ2n) is 8.06. The van der Waals surface area contributed by atoms with E-state index in [2.05, 4.69) is 57.1 Å². The predicted octanol–water partition coefficient (Wildman–Crippen LogP) is 2.37. The Balaban J connectivity index is 0.00000320. The molecule has 2 heterocycles. The first-order chi connectivity index (χ1) is 14.1. The Morgan fingerprint density at radius 3 is 2.43 bits per heavy atom. The maximum Gasteiger partial charge on any atom is 0.193 e. The molecule has 2 fully saturated rings. The summed E-state index contributed by atoms with van der Waals surface area (Å²) >= 11 is 0. The molecule has 1 N–H and O–H groups in total. The summed E-state index contributed by atoms with van der Waals surface area (Å²) in [5.41, 5.74) is 1.22. The number of hydrogen-bond donors (Lipinski definition) is 1. The zero-order valence-corrected chi connectivity index (χ0v) is 21.2. The number of guanidine groups is 1. The highest BCUT2D eigenvalue weighted by Gasteiger charge is 2.25. The summed E-state index contributed by atoms with van der Waals surface area (Å²) in [6.07, 6.45) is 0. The third-order valence-electron chi connectivity index (χ3n) is 5.96. The van der Waals surface area contributed by atoms with Gasteiger partial charge in [0.25, 0.3) is 0 Å². The minimum Gasteiger partial charge on any atom is -0.497 e. The van der Waals surface area contributed by atoms with Gasteiger partial charge in [-0.3, -0.25) is 9.89 Å². The minimum atomic E-state index is 0. The number of rotatable bonds is 6. The van der Waals surface area contributed by atoms with Crippen LogP contribution in [0.1, 0.15) is 13.8 Å². The van der Waals surface area contributed by atoms with Gasteiger partial charge in [-0.05, 0) is 18.1 Å². The van der Waals surface area contributed by atoms with Crippen LogP contribution in [0.15, 0.2) is 29.3 Å². The Morgan fingerprint density at radius 1 is 1.13 bits per heavy atom. The number of halogens is 1. The average molecular weight is 531 g/mol. The Labute approximate surface area is 198 Å². The quantitative estimate of drug-likeness (QED) is 0.346. The maximum atomic E-state index is 5.53. The number of benzene rings is 1. The van der Waals surface area contributed by atoms with Crippen LogP contribution < -0.4 is 15.0 Å². The first kappa shape index (κ1) is 25.0. The maximum absolute atomic E-state index is 5.53. The van der Waals surface area contributed by atoms with Gasteiger partial charge in [0.15, 0.2) is 5.96 Å². The number of nitrogens with one attached hydrogen (secondary N) is 1. The van der Waals surface area contributed by atoms with E-state index in [1.807, 2.05) is 13.1 Å². The summed E-state index contributed by atoms with van der Waals surface area (Å²) in [4.78, 5) is 11.9. The van der Waals surface area contributed by atoms with Crippen LogP contribution in [-0.2, 0) is 4.74 Å². The van der Waals surface area contributed by atoms with Gasteiger partial charge in [-0.1, -0.05) is 19.9 Å². The normalized spacial score (nSPS) is 19.4. The summed E-state index contributed by atoms with van der Waals surface area (Å²) in [6.45, 7) is 13.1. The van der Waals surface area contributed by atoms with E-state index in [9.17, 15) is 0 Å². The summed E-state index contributed by atoms with van der Waals surface area (Å²) in [5, 5.41) is 3.65. The third-order valence-corrected chi connectivity index (χ3v) is 5.96. The standard InChI is InChI=1S/C22H37N5O2.HI/c1-18(2)21(26-12-14-29-15-13-26)17-24-22(23-3)27-10-8-25(9-11-27)19-6-5-7-20(16-19)28-4;/h5-7,16,18,21H,8-15,17H2,1-4H3,(H,23,24);1H. The molecule has 0 aliphatic carbocycles. The van der Waals surface area contributed by atoms with E-state index in [0.717, 1.165) is 70.7 Å². The lowest BCUT2D eigenvalue weighted by Crippen LogP contribution is -2.56. The van der Waals surface area contributed by atoms with Gasteiger partial charge in [-0.15, -0.1) is 24.0 Å². The van der Waals surface area contributed by atoms with E-state index < -0.39 is 0 Å². The van der Waals surface area contributed by atoms with E-state index in [0.29, 0.717) is 12.0 Å². The van der Waals surface area contributed by atoms with Crippen LogP contribution in [0.5, 0.6) is 5.75 Å². The van der Waals surface area contributed by atoms with Crippen molar-refractivity contribution in [1.82, 2.24) is 15.1 Å². The predicted molar refractivity (Wildman–Crippen MR) is 135 cm³/mol. The van der Waals surface area contributed by atoms with Gasteiger partial charge >= 0.3 is 0 Å². The van der Waals surface area contributed by atoms with Crippen molar-refractivity contribution >= 4 is 35.6 Å². The van der Waals surface area contributed by atoms with Crippen molar-refractivity contribution in [1.29, 1.82) is 0 Å². The highest BCUT2D eigenvalue weighted by molar-refractivity contribution is 14.0. The summed E-state index contributed by atoms with van der Waals surface area (Å²) < 4.78 is 10.9. The number of anilines is 1. The molecule has 1 atom stereocenters.